The third kappa shape index (κ3) is 5.07. The van der Waals surface area contributed by atoms with E-state index in [0.29, 0.717) is 0 Å². The van der Waals surface area contributed by atoms with Crippen LogP contribution in [0, 0.1) is 0 Å². The lowest BCUT2D eigenvalue weighted by atomic mass is 9.92. The second-order valence-electron chi connectivity index (χ2n) is 13.4. The van der Waals surface area contributed by atoms with Gasteiger partial charge in [0, 0.05) is 22.0 Å². The molecular formula is C47H34N4. The quantitative estimate of drug-likeness (QED) is 0.197. The van der Waals surface area contributed by atoms with Crippen molar-refractivity contribution in [2.75, 3.05) is 0 Å². The van der Waals surface area contributed by atoms with Crippen LogP contribution in [0.1, 0.15) is 35.7 Å². The lowest BCUT2D eigenvalue weighted by Crippen LogP contribution is -2.33. The van der Waals surface area contributed by atoms with E-state index in [9.17, 15) is 0 Å². The second-order valence-corrected chi connectivity index (χ2v) is 13.4. The molecule has 8 aromatic rings. The first-order chi connectivity index (χ1) is 25.3. The van der Waals surface area contributed by atoms with Gasteiger partial charge in [-0.25, -0.2) is 9.98 Å². The Morgan fingerprint density at radius 3 is 1.67 bits per heavy atom. The highest BCUT2D eigenvalue weighted by Crippen LogP contribution is 2.40. The largest absolute Gasteiger partial charge is 0.344 e. The number of nitrogens with one attached hydrogen (secondary N) is 1. The summed E-state index contributed by atoms with van der Waals surface area (Å²) in [5.41, 5.74) is 9.45. The predicted octanol–water partition coefficient (Wildman–Crippen LogP) is 11.3. The van der Waals surface area contributed by atoms with Crippen LogP contribution < -0.4 is 5.32 Å². The van der Waals surface area contributed by atoms with Crippen molar-refractivity contribution < 1.29 is 0 Å². The van der Waals surface area contributed by atoms with Crippen molar-refractivity contribution in [2.45, 2.75) is 19.0 Å². The molecule has 1 N–H and O–H groups in total. The first kappa shape index (κ1) is 29.4. The third-order valence-electron chi connectivity index (χ3n) is 10.4. The van der Waals surface area contributed by atoms with E-state index in [1.165, 1.54) is 54.5 Å². The number of aromatic nitrogens is 1. The van der Waals surface area contributed by atoms with Crippen LogP contribution in [0.4, 0.5) is 0 Å². The standard InChI is InChI=1S/C47H34N4/c1-3-11-31(12-4-1)32-19-21-36(22-20-32)46-48-45(35-15-5-2-6-16-35)49-47(50-46)37-23-27-38(28-24-37)51-41-29-25-33-13-7-9-17-39(33)43(41)44-40-18-10-8-14-34(40)26-30-42(44)51/h1-19,21,23-30,47H,20,22H2,(H,48,49,50). The van der Waals surface area contributed by atoms with E-state index in [-0.39, 0.29) is 6.17 Å². The topological polar surface area (TPSA) is 41.7 Å². The lowest BCUT2D eigenvalue weighted by Gasteiger charge is -2.25. The molecular weight excluding hydrogens is 621 g/mol. The number of allylic oxidation sites excluding steroid dienone is 3. The number of hydrogen-bond acceptors (Lipinski definition) is 3. The minimum atomic E-state index is -0.270. The van der Waals surface area contributed by atoms with Crippen molar-refractivity contribution in [1.82, 2.24) is 9.88 Å². The van der Waals surface area contributed by atoms with Crippen LogP contribution in [0.2, 0.25) is 0 Å². The fourth-order valence-electron chi connectivity index (χ4n) is 7.86. The van der Waals surface area contributed by atoms with Gasteiger partial charge in [0.05, 0.1) is 11.0 Å². The summed E-state index contributed by atoms with van der Waals surface area (Å²) in [6.45, 7) is 0. The Morgan fingerprint density at radius 2 is 1.06 bits per heavy atom. The highest BCUT2D eigenvalue weighted by Gasteiger charge is 2.24. The van der Waals surface area contributed by atoms with E-state index >= 15 is 0 Å². The summed E-state index contributed by atoms with van der Waals surface area (Å²) in [5, 5.41) is 11.3. The Bertz CT molecular complexity index is 2660. The van der Waals surface area contributed by atoms with E-state index in [1.807, 2.05) is 6.07 Å². The van der Waals surface area contributed by atoms with Gasteiger partial charge in [0.1, 0.15) is 12.0 Å². The Hall–Kier alpha value is -6.52. The zero-order valence-electron chi connectivity index (χ0n) is 28.0. The van der Waals surface area contributed by atoms with Crippen molar-refractivity contribution in [3.8, 4) is 5.69 Å². The molecule has 0 saturated carbocycles. The molecule has 1 unspecified atom stereocenters. The van der Waals surface area contributed by atoms with Crippen LogP contribution in [0.3, 0.4) is 0 Å². The Morgan fingerprint density at radius 1 is 0.510 bits per heavy atom. The van der Waals surface area contributed by atoms with Gasteiger partial charge in [0.25, 0.3) is 0 Å². The average Bonchev–Trinajstić information content (AvgIpc) is 3.57. The monoisotopic (exact) mass is 654 g/mol. The van der Waals surface area contributed by atoms with E-state index in [4.69, 9.17) is 9.98 Å². The van der Waals surface area contributed by atoms with Gasteiger partial charge in [-0.1, -0.05) is 146 Å². The number of rotatable bonds is 5. The van der Waals surface area contributed by atoms with E-state index < -0.39 is 0 Å². The molecule has 51 heavy (non-hydrogen) atoms. The summed E-state index contributed by atoms with van der Waals surface area (Å²) in [4.78, 5) is 10.3. The Labute approximate surface area is 296 Å². The van der Waals surface area contributed by atoms with Crippen molar-refractivity contribution in [3.63, 3.8) is 0 Å². The van der Waals surface area contributed by atoms with Crippen molar-refractivity contribution in [1.29, 1.82) is 0 Å². The third-order valence-corrected chi connectivity index (χ3v) is 10.4. The molecule has 1 aromatic heterocycles. The van der Waals surface area contributed by atoms with Crippen molar-refractivity contribution in [2.24, 2.45) is 9.98 Å². The summed E-state index contributed by atoms with van der Waals surface area (Å²) >= 11 is 0. The molecule has 0 spiro atoms. The van der Waals surface area contributed by atoms with Crippen molar-refractivity contribution in [3.05, 3.63) is 192 Å². The number of aliphatic imine (C=N–C) groups is 2. The van der Waals surface area contributed by atoms with Crippen LogP contribution in [0.5, 0.6) is 0 Å². The first-order valence-corrected chi connectivity index (χ1v) is 17.7. The molecule has 2 heterocycles. The minimum Gasteiger partial charge on any atom is -0.344 e. The number of hydrogen-bond donors (Lipinski definition) is 1. The molecule has 242 valence electrons. The van der Waals surface area contributed by atoms with Crippen LogP contribution in [0.15, 0.2) is 185 Å². The molecule has 7 aromatic carbocycles. The SMILES string of the molecule is C1=C(C2=NC(c3ccc(-n4c5ccc6ccccc6c5c5c6ccccc6ccc54)cc3)NC(c3ccccc3)=N2)CCC(c2ccccc2)=C1. The van der Waals surface area contributed by atoms with Gasteiger partial charge >= 0.3 is 0 Å². The van der Waals surface area contributed by atoms with Gasteiger partial charge < -0.3 is 9.88 Å². The smallest absolute Gasteiger partial charge is 0.155 e. The first-order valence-electron chi connectivity index (χ1n) is 17.7. The van der Waals surface area contributed by atoms with Gasteiger partial charge in [-0.05, 0) is 80.9 Å². The molecule has 2 aliphatic rings. The summed E-state index contributed by atoms with van der Waals surface area (Å²) in [5.74, 6) is 1.64. The molecule has 0 fully saturated rings. The molecule has 4 nitrogen and oxygen atoms in total. The van der Waals surface area contributed by atoms with Crippen LogP contribution in [0.25, 0.3) is 54.6 Å². The Kier molecular flexibility index (Phi) is 6.98. The van der Waals surface area contributed by atoms with Crippen LogP contribution in [-0.4, -0.2) is 16.2 Å². The van der Waals surface area contributed by atoms with Crippen LogP contribution in [-0.2, 0) is 0 Å². The molecule has 1 atom stereocenters. The second kappa shape index (κ2) is 12.1. The van der Waals surface area contributed by atoms with E-state index in [2.05, 4.69) is 174 Å². The number of nitrogens with zero attached hydrogens (tertiary/aromatic N) is 3. The predicted molar refractivity (Wildman–Crippen MR) is 214 cm³/mol. The highest BCUT2D eigenvalue weighted by atomic mass is 15.2. The summed E-state index contributed by atoms with van der Waals surface area (Å²) in [6.07, 6.45) is 6.03. The minimum absolute atomic E-state index is 0.270. The maximum absolute atomic E-state index is 5.22. The zero-order chi connectivity index (χ0) is 33.7. The summed E-state index contributed by atoms with van der Waals surface area (Å²) < 4.78 is 2.41. The van der Waals surface area contributed by atoms with Gasteiger partial charge in [-0.2, -0.15) is 0 Å². The highest BCUT2D eigenvalue weighted by molar-refractivity contribution is 6.28. The fraction of sp³-hybridized carbons (Fsp3) is 0.0638. The lowest BCUT2D eigenvalue weighted by molar-refractivity contribution is 0.672. The van der Waals surface area contributed by atoms with E-state index in [0.717, 1.165) is 46.9 Å². The Balaban J connectivity index is 1.07. The van der Waals surface area contributed by atoms with Gasteiger partial charge in [0.2, 0.25) is 0 Å². The van der Waals surface area contributed by atoms with Gasteiger partial charge in [-0.15, -0.1) is 0 Å². The maximum Gasteiger partial charge on any atom is 0.155 e. The number of benzene rings is 7. The summed E-state index contributed by atoms with van der Waals surface area (Å²) in [7, 11) is 0. The van der Waals surface area contributed by atoms with Crippen molar-refractivity contribution >= 4 is 60.6 Å². The zero-order valence-corrected chi connectivity index (χ0v) is 28.0. The molecule has 10 rings (SSSR count). The van der Waals surface area contributed by atoms with Gasteiger partial charge in [0.15, 0.2) is 5.84 Å². The normalized spacial score (nSPS) is 16.1. The molecule has 0 radical (unpaired) electrons. The molecule has 0 saturated heterocycles. The fourth-order valence-corrected chi connectivity index (χ4v) is 7.86. The molecule has 1 aliphatic heterocycles. The maximum atomic E-state index is 5.22. The van der Waals surface area contributed by atoms with Crippen LogP contribution >= 0.6 is 0 Å². The number of fused-ring (bicyclic) bond motifs is 7. The van der Waals surface area contributed by atoms with E-state index in [1.54, 1.807) is 0 Å². The number of amidine groups is 2. The molecule has 0 bridgehead atoms. The molecule has 1 aliphatic carbocycles. The summed E-state index contributed by atoms with van der Waals surface area (Å²) in [6, 6.07) is 56.4. The van der Waals surface area contributed by atoms with Gasteiger partial charge in [-0.3, -0.25) is 0 Å². The molecule has 0 amide bonds. The average molecular weight is 655 g/mol. The molecule has 4 heteroatoms.